The Kier molecular flexibility index (Phi) is 3.47. The van der Waals surface area contributed by atoms with Crippen molar-refractivity contribution in [1.29, 1.82) is 0 Å². The van der Waals surface area contributed by atoms with Crippen molar-refractivity contribution in [2.75, 3.05) is 0 Å². The largest absolute Gasteiger partial charge is 0.481 e. The van der Waals surface area contributed by atoms with Crippen LogP contribution in [0.5, 0.6) is 5.75 Å². The highest BCUT2D eigenvalue weighted by Crippen LogP contribution is 2.34. The number of hydrogen-bond acceptors (Lipinski definition) is 4. The van der Waals surface area contributed by atoms with Crippen LogP contribution in [0.25, 0.3) is 10.9 Å². The highest BCUT2D eigenvalue weighted by atomic mass is 16.6. The molecule has 104 valence electrons. The quantitative estimate of drug-likeness (QED) is 0.539. The van der Waals surface area contributed by atoms with Crippen LogP contribution in [-0.2, 0) is 6.61 Å². The molecule has 5 heteroatoms. The lowest BCUT2D eigenvalue weighted by atomic mass is 10.2. The summed E-state index contributed by atoms with van der Waals surface area (Å²) >= 11 is 0. The van der Waals surface area contributed by atoms with E-state index in [4.69, 9.17) is 4.74 Å². The lowest BCUT2D eigenvalue weighted by molar-refractivity contribution is -0.386. The summed E-state index contributed by atoms with van der Waals surface area (Å²) in [6.45, 7) is 0.273. The number of nitrogens with zero attached hydrogens (tertiary/aromatic N) is 2. The summed E-state index contributed by atoms with van der Waals surface area (Å²) in [6, 6.07) is 16.8. The van der Waals surface area contributed by atoms with E-state index >= 15 is 0 Å². The first-order valence-electron chi connectivity index (χ1n) is 6.44. The molecular weight excluding hydrogens is 268 g/mol. The average Bonchev–Trinajstić information content (AvgIpc) is 2.53. The molecule has 0 spiro atoms. The summed E-state index contributed by atoms with van der Waals surface area (Å²) < 4.78 is 5.72. The summed E-state index contributed by atoms with van der Waals surface area (Å²) in [5, 5.41) is 11.8. The Balaban J connectivity index is 2.02. The second-order valence-electron chi connectivity index (χ2n) is 4.52. The monoisotopic (exact) mass is 280 g/mol. The number of benzene rings is 2. The zero-order valence-electron chi connectivity index (χ0n) is 11.1. The van der Waals surface area contributed by atoms with Gasteiger partial charge in [0, 0.05) is 5.39 Å². The van der Waals surface area contributed by atoms with Crippen molar-refractivity contribution in [2.45, 2.75) is 6.61 Å². The van der Waals surface area contributed by atoms with E-state index in [1.54, 1.807) is 12.1 Å². The van der Waals surface area contributed by atoms with Crippen LogP contribution in [0, 0.1) is 10.1 Å². The summed E-state index contributed by atoms with van der Waals surface area (Å²) in [5.41, 5.74) is 1.50. The first-order chi connectivity index (χ1) is 10.3. The second kappa shape index (κ2) is 5.58. The Morgan fingerprint density at radius 1 is 1.05 bits per heavy atom. The maximum absolute atomic E-state index is 11.2. The Hall–Kier alpha value is -2.95. The molecule has 0 bridgehead atoms. The average molecular weight is 280 g/mol. The first kappa shape index (κ1) is 13.1. The fourth-order valence-corrected chi connectivity index (χ4v) is 2.12. The lowest BCUT2D eigenvalue weighted by Crippen LogP contribution is -2.00. The molecule has 3 aromatic rings. The highest BCUT2D eigenvalue weighted by Gasteiger charge is 2.19. The number of nitro groups is 1. The molecule has 0 radical (unpaired) electrons. The van der Waals surface area contributed by atoms with Gasteiger partial charge >= 0.3 is 5.69 Å². The van der Waals surface area contributed by atoms with E-state index in [1.807, 2.05) is 42.5 Å². The molecule has 0 aliphatic rings. The SMILES string of the molecule is O=[N+]([O-])c1cnc2ccccc2c1OCc1ccccc1. The van der Waals surface area contributed by atoms with Gasteiger partial charge in [-0.25, -0.2) is 4.98 Å². The number of hydrogen-bond donors (Lipinski definition) is 0. The molecule has 3 rings (SSSR count). The Morgan fingerprint density at radius 3 is 2.52 bits per heavy atom. The highest BCUT2D eigenvalue weighted by molar-refractivity contribution is 5.88. The summed E-state index contributed by atoms with van der Waals surface area (Å²) in [5.74, 6) is 0.259. The van der Waals surface area contributed by atoms with E-state index in [0.29, 0.717) is 10.9 Å². The van der Waals surface area contributed by atoms with Crippen LogP contribution in [-0.4, -0.2) is 9.91 Å². The predicted molar refractivity (Wildman–Crippen MR) is 79.2 cm³/mol. The third-order valence-electron chi connectivity index (χ3n) is 3.13. The molecule has 21 heavy (non-hydrogen) atoms. The Bertz CT molecular complexity index is 788. The third-order valence-corrected chi connectivity index (χ3v) is 3.13. The van der Waals surface area contributed by atoms with Gasteiger partial charge in [-0.3, -0.25) is 10.1 Å². The first-order valence-corrected chi connectivity index (χ1v) is 6.44. The molecular formula is C16H12N2O3. The van der Waals surface area contributed by atoms with E-state index in [9.17, 15) is 10.1 Å². The fraction of sp³-hybridized carbons (Fsp3) is 0.0625. The fourth-order valence-electron chi connectivity index (χ4n) is 2.12. The summed E-state index contributed by atoms with van der Waals surface area (Å²) in [7, 11) is 0. The van der Waals surface area contributed by atoms with Crippen LogP contribution in [0.4, 0.5) is 5.69 Å². The van der Waals surface area contributed by atoms with Crippen molar-refractivity contribution in [3.8, 4) is 5.75 Å². The summed E-state index contributed by atoms with van der Waals surface area (Å²) in [6.07, 6.45) is 1.24. The molecule has 0 saturated heterocycles. The Labute approximate surface area is 121 Å². The number of pyridine rings is 1. The van der Waals surface area contributed by atoms with Gasteiger partial charge in [0.2, 0.25) is 5.75 Å². The molecule has 0 aliphatic carbocycles. The zero-order valence-corrected chi connectivity index (χ0v) is 11.1. The minimum Gasteiger partial charge on any atom is -0.481 e. The van der Waals surface area contributed by atoms with Gasteiger partial charge in [-0.1, -0.05) is 42.5 Å². The number of fused-ring (bicyclic) bond motifs is 1. The molecule has 0 aliphatic heterocycles. The van der Waals surface area contributed by atoms with E-state index < -0.39 is 4.92 Å². The van der Waals surface area contributed by atoms with Gasteiger partial charge in [-0.05, 0) is 17.7 Å². The van der Waals surface area contributed by atoms with Gasteiger partial charge in [0.05, 0.1) is 10.4 Å². The molecule has 1 aromatic heterocycles. The topological polar surface area (TPSA) is 65.3 Å². The van der Waals surface area contributed by atoms with E-state index in [0.717, 1.165) is 5.56 Å². The van der Waals surface area contributed by atoms with Gasteiger partial charge in [-0.15, -0.1) is 0 Å². The van der Waals surface area contributed by atoms with Crippen molar-refractivity contribution < 1.29 is 9.66 Å². The molecule has 2 aromatic carbocycles. The molecule has 0 unspecified atom stereocenters. The van der Waals surface area contributed by atoms with Gasteiger partial charge in [0.15, 0.2) is 0 Å². The molecule has 0 atom stereocenters. The van der Waals surface area contributed by atoms with Gasteiger partial charge < -0.3 is 4.74 Å². The van der Waals surface area contributed by atoms with Crippen molar-refractivity contribution in [3.05, 3.63) is 76.5 Å². The van der Waals surface area contributed by atoms with Gasteiger partial charge in [0.1, 0.15) is 12.8 Å². The summed E-state index contributed by atoms with van der Waals surface area (Å²) in [4.78, 5) is 14.8. The van der Waals surface area contributed by atoms with Crippen molar-refractivity contribution in [3.63, 3.8) is 0 Å². The van der Waals surface area contributed by atoms with Crippen LogP contribution in [0.2, 0.25) is 0 Å². The minimum absolute atomic E-state index is 0.121. The third kappa shape index (κ3) is 2.67. The normalized spacial score (nSPS) is 10.5. The number of ether oxygens (including phenoxy) is 1. The molecule has 0 saturated carbocycles. The molecule has 5 nitrogen and oxygen atoms in total. The molecule has 1 heterocycles. The molecule has 0 fully saturated rings. The van der Waals surface area contributed by atoms with Gasteiger partial charge in [0.25, 0.3) is 0 Å². The van der Waals surface area contributed by atoms with Crippen molar-refractivity contribution >= 4 is 16.6 Å². The number of aromatic nitrogens is 1. The smallest absolute Gasteiger partial charge is 0.329 e. The predicted octanol–water partition coefficient (Wildman–Crippen LogP) is 3.72. The van der Waals surface area contributed by atoms with E-state index in [-0.39, 0.29) is 18.0 Å². The lowest BCUT2D eigenvalue weighted by Gasteiger charge is -2.09. The van der Waals surface area contributed by atoms with Crippen molar-refractivity contribution in [2.24, 2.45) is 0 Å². The van der Waals surface area contributed by atoms with E-state index in [1.165, 1.54) is 6.20 Å². The minimum atomic E-state index is -0.472. The van der Waals surface area contributed by atoms with Crippen LogP contribution < -0.4 is 4.74 Å². The molecule has 0 N–H and O–H groups in total. The maximum Gasteiger partial charge on any atom is 0.329 e. The van der Waals surface area contributed by atoms with Crippen LogP contribution in [0.3, 0.4) is 0 Å². The number of rotatable bonds is 4. The standard InChI is InChI=1S/C16H12N2O3/c19-18(20)15-10-17-14-9-5-4-8-13(14)16(15)21-11-12-6-2-1-3-7-12/h1-10H,11H2. The second-order valence-corrected chi connectivity index (χ2v) is 4.52. The van der Waals surface area contributed by atoms with Gasteiger partial charge in [-0.2, -0.15) is 0 Å². The van der Waals surface area contributed by atoms with E-state index in [2.05, 4.69) is 4.98 Å². The van der Waals surface area contributed by atoms with Crippen LogP contribution in [0.1, 0.15) is 5.56 Å². The van der Waals surface area contributed by atoms with Crippen LogP contribution >= 0.6 is 0 Å². The number of para-hydroxylation sites is 1. The Morgan fingerprint density at radius 2 is 1.76 bits per heavy atom. The zero-order chi connectivity index (χ0) is 14.7. The molecule has 0 amide bonds. The maximum atomic E-state index is 11.2. The van der Waals surface area contributed by atoms with Crippen molar-refractivity contribution in [1.82, 2.24) is 4.98 Å². The van der Waals surface area contributed by atoms with Crippen LogP contribution in [0.15, 0.2) is 60.8 Å².